The maximum atomic E-state index is 12.7. The first-order chi connectivity index (χ1) is 10.1. The highest BCUT2D eigenvalue weighted by Crippen LogP contribution is 2.38. The Morgan fingerprint density at radius 3 is 2.32 bits per heavy atom. The number of carbonyl (C=O) groups is 1. The van der Waals surface area contributed by atoms with Crippen molar-refractivity contribution in [2.24, 2.45) is 5.92 Å². The van der Waals surface area contributed by atoms with Crippen LogP contribution in [0.25, 0.3) is 0 Å². The zero-order chi connectivity index (χ0) is 17.0. The number of hydrogen-bond acceptors (Lipinski definition) is 3. The molecule has 0 aromatic carbocycles. The van der Waals surface area contributed by atoms with Crippen molar-refractivity contribution >= 4 is 6.03 Å². The lowest BCUT2D eigenvalue weighted by Gasteiger charge is -2.39. The first kappa shape index (κ1) is 19.0. The van der Waals surface area contributed by atoms with Gasteiger partial charge in [0.15, 0.2) is 5.60 Å². The van der Waals surface area contributed by atoms with Crippen LogP contribution in [0.4, 0.5) is 18.0 Å². The summed E-state index contributed by atoms with van der Waals surface area (Å²) in [6.07, 6.45) is -5.00. The van der Waals surface area contributed by atoms with Gasteiger partial charge in [0.05, 0.1) is 0 Å². The molecule has 0 radical (unpaired) electrons. The molecule has 1 fully saturated rings. The quantitative estimate of drug-likeness (QED) is 0.814. The Kier molecular flexibility index (Phi) is 6.49. The van der Waals surface area contributed by atoms with Gasteiger partial charge in [0.2, 0.25) is 0 Å². The molecule has 0 spiro atoms. The van der Waals surface area contributed by atoms with Crippen molar-refractivity contribution in [3.63, 3.8) is 0 Å². The number of nitrogens with one attached hydrogen (secondary N) is 1. The summed E-state index contributed by atoms with van der Waals surface area (Å²) in [7, 11) is 1.57. The maximum absolute atomic E-state index is 12.7. The van der Waals surface area contributed by atoms with Crippen LogP contribution >= 0.6 is 0 Å². The summed E-state index contributed by atoms with van der Waals surface area (Å²) in [6, 6.07) is -0.491. The molecule has 0 aromatic rings. The minimum atomic E-state index is -4.66. The molecule has 2 amide bonds. The molecule has 1 aliphatic heterocycles. The van der Waals surface area contributed by atoms with Crippen LogP contribution in [0.15, 0.2) is 0 Å². The average molecular weight is 326 g/mol. The van der Waals surface area contributed by atoms with Crippen LogP contribution < -0.4 is 5.32 Å². The van der Waals surface area contributed by atoms with Gasteiger partial charge in [0.1, 0.15) is 0 Å². The first-order valence-corrected chi connectivity index (χ1v) is 7.44. The van der Waals surface area contributed by atoms with Gasteiger partial charge in [-0.15, -0.1) is 0 Å². The highest BCUT2D eigenvalue weighted by atomic mass is 19.4. The molecule has 1 unspecified atom stereocenters. The smallest absolute Gasteiger partial charge is 0.385 e. The van der Waals surface area contributed by atoms with E-state index in [2.05, 4.69) is 5.32 Å². The van der Waals surface area contributed by atoms with Crippen LogP contribution in [-0.2, 0) is 4.74 Å². The third kappa shape index (κ3) is 4.74. The molecule has 5 nitrogen and oxygen atoms in total. The second-order valence-corrected chi connectivity index (χ2v) is 6.10. The zero-order valence-electron chi connectivity index (χ0n) is 13.2. The SMILES string of the molecule is COCCC(NC(=O)N1CCC(O)(C(F)(F)F)CC1)C(C)C. The summed E-state index contributed by atoms with van der Waals surface area (Å²) in [5.41, 5.74) is -2.68. The molecule has 1 saturated heterocycles. The number of likely N-dealkylation sites (tertiary alicyclic amines) is 1. The highest BCUT2D eigenvalue weighted by molar-refractivity contribution is 5.74. The molecule has 0 bridgehead atoms. The summed E-state index contributed by atoms with van der Waals surface area (Å²) in [5.74, 6) is 0.191. The van der Waals surface area contributed by atoms with E-state index in [0.717, 1.165) is 0 Å². The van der Waals surface area contributed by atoms with Crippen molar-refractivity contribution in [1.29, 1.82) is 0 Å². The Balaban J connectivity index is 2.54. The van der Waals surface area contributed by atoms with E-state index in [4.69, 9.17) is 4.74 Å². The first-order valence-electron chi connectivity index (χ1n) is 7.44. The fourth-order valence-corrected chi connectivity index (χ4v) is 2.43. The number of alkyl halides is 3. The van der Waals surface area contributed by atoms with Gasteiger partial charge in [0, 0.05) is 45.7 Å². The van der Waals surface area contributed by atoms with Crippen molar-refractivity contribution in [2.75, 3.05) is 26.8 Å². The predicted molar refractivity (Wildman–Crippen MR) is 75.5 cm³/mol. The van der Waals surface area contributed by atoms with Gasteiger partial charge in [0.25, 0.3) is 0 Å². The third-order valence-corrected chi connectivity index (χ3v) is 4.15. The van der Waals surface area contributed by atoms with E-state index in [1.165, 1.54) is 4.90 Å². The van der Waals surface area contributed by atoms with Gasteiger partial charge < -0.3 is 20.1 Å². The highest BCUT2D eigenvalue weighted by Gasteiger charge is 2.54. The largest absolute Gasteiger partial charge is 0.417 e. The second kappa shape index (κ2) is 7.50. The number of ether oxygens (including phenoxy) is 1. The lowest BCUT2D eigenvalue weighted by Crippen LogP contribution is -2.57. The monoisotopic (exact) mass is 326 g/mol. The number of amides is 2. The topological polar surface area (TPSA) is 61.8 Å². The molecule has 130 valence electrons. The molecule has 1 aliphatic rings. The molecule has 1 rings (SSSR count). The Labute approximate surface area is 128 Å². The summed E-state index contributed by atoms with van der Waals surface area (Å²) in [4.78, 5) is 13.5. The predicted octanol–water partition coefficient (Wildman–Crippen LogP) is 2.15. The number of piperidine rings is 1. The lowest BCUT2D eigenvalue weighted by molar-refractivity contribution is -0.271. The van der Waals surface area contributed by atoms with Crippen LogP contribution in [0.1, 0.15) is 33.1 Å². The zero-order valence-corrected chi connectivity index (χ0v) is 13.2. The van der Waals surface area contributed by atoms with Gasteiger partial charge in [-0.2, -0.15) is 13.2 Å². The Morgan fingerprint density at radius 1 is 1.36 bits per heavy atom. The number of methoxy groups -OCH3 is 1. The summed E-state index contributed by atoms with van der Waals surface area (Å²) in [5, 5.41) is 12.4. The number of rotatable bonds is 5. The van der Waals surface area contributed by atoms with E-state index in [0.29, 0.717) is 13.0 Å². The normalized spacial score (nSPS) is 20.1. The number of nitrogens with zero attached hydrogens (tertiary/aromatic N) is 1. The van der Waals surface area contributed by atoms with E-state index in [1.54, 1.807) is 7.11 Å². The van der Waals surface area contributed by atoms with Crippen molar-refractivity contribution in [3.05, 3.63) is 0 Å². The van der Waals surface area contributed by atoms with Crippen molar-refractivity contribution in [1.82, 2.24) is 10.2 Å². The molecule has 8 heteroatoms. The number of urea groups is 1. The molecule has 0 saturated carbocycles. The molecule has 1 atom stereocenters. The average Bonchev–Trinajstić information content (AvgIpc) is 2.42. The van der Waals surface area contributed by atoms with Gasteiger partial charge in [-0.25, -0.2) is 4.79 Å². The number of aliphatic hydroxyl groups is 1. The van der Waals surface area contributed by atoms with Gasteiger partial charge in [-0.1, -0.05) is 13.8 Å². The van der Waals surface area contributed by atoms with E-state index in [-0.39, 0.29) is 31.1 Å². The molecule has 0 aromatic heterocycles. The van der Waals surface area contributed by atoms with Gasteiger partial charge in [-0.3, -0.25) is 0 Å². The lowest BCUT2D eigenvalue weighted by atomic mass is 9.91. The standard InChI is InChI=1S/C14H25F3N2O3/c1-10(2)11(4-9-22-3)18-12(20)19-7-5-13(21,6-8-19)14(15,16)17/h10-11,21H,4-9H2,1-3H3,(H,18,20). The van der Waals surface area contributed by atoms with Gasteiger partial charge >= 0.3 is 12.2 Å². The van der Waals surface area contributed by atoms with Crippen LogP contribution in [0.3, 0.4) is 0 Å². The van der Waals surface area contributed by atoms with Crippen LogP contribution in [0.5, 0.6) is 0 Å². The van der Waals surface area contributed by atoms with Crippen molar-refractivity contribution < 1.29 is 27.8 Å². The van der Waals surface area contributed by atoms with Crippen LogP contribution in [0, 0.1) is 5.92 Å². The Hall–Kier alpha value is -1.02. The fraction of sp³-hybridized carbons (Fsp3) is 0.929. The fourth-order valence-electron chi connectivity index (χ4n) is 2.43. The molecule has 0 aliphatic carbocycles. The van der Waals surface area contributed by atoms with Crippen LogP contribution in [-0.4, -0.2) is 60.7 Å². The minimum absolute atomic E-state index is 0.101. The van der Waals surface area contributed by atoms with E-state index < -0.39 is 24.6 Å². The third-order valence-electron chi connectivity index (χ3n) is 4.15. The van der Waals surface area contributed by atoms with Gasteiger partial charge in [-0.05, 0) is 12.3 Å². The van der Waals surface area contributed by atoms with Crippen molar-refractivity contribution in [3.8, 4) is 0 Å². The van der Waals surface area contributed by atoms with Crippen LogP contribution in [0.2, 0.25) is 0 Å². The molecular formula is C14H25F3N2O3. The number of carbonyl (C=O) groups excluding carboxylic acids is 1. The molecular weight excluding hydrogens is 301 g/mol. The maximum Gasteiger partial charge on any atom is 0.417 e. The minimum Gasteiger partial charge on any atom is -0.385 e. The summed E-state index contributed by atoms with van der Waals surface area (Å²) < 4.78 is 43.2. The molecule has 1 heterocycles. The number of hydrogen-bond donors (Lipinski definition) is 2. The van der Waals surface area contributed by atoms with E-state index >= 15 is 0 Å². The van der Waals surface area contributed by atoms with E-state index in [1.807, 2.05) is 13.8 Å². The summed E-state index contributed by atoms with van der Waals surface area (Å²) >= 11 is 0. The number of halogens is 3. The van der Waals surface area contributed by atoms with Crippen molar-refractivity contribution in [2.45, 2.75) is 50.9 Å². The van der Waals surface area contributed by atoms with E-state index in [9.17, 15) is 23.1 Å². The molecule has 22 heavy (non-hydrogen) atoms. The Bertz CT molecular complexity index is 367. The Morgan fingerprint density at radius 2 is 1.91 bits per heavy atom. The second-order valence-electron chi connectivity index (χ2n) is 6.10. The molecule has 2 N–H and O–H groups in total. The summed E-state index contributed by atoms with van der Waals surface area (Å²) in [6.45, 7) is 4.18.